The molecule has 0 saturated heterocycles. The van der Waals surface area contributed by atoms with Crippen molar-refractivity contribution >= 4 is 7.82 Å². The minimum absolute atomic E-state index is 0. The van der Waals surface area contributed by atoms with Crippen LogP contribution in [0.1, 0.15) is 249 Å². The van der Waals surface area contributed by atoms with Crippen molar-refractivity contribution in [1.82, 2.24) is 0 Å². The van der Waals surface area contributed by atoms with Crippen molar-refractivity contribution in [2.24, 2.45) is 0 Å². The van der Waals surface area contributed by atoms with Crippen LogP contribution >= 0.6 is 7.82 Å². The van der Waals surface area contributed by atoms with Crippen molar-refractivity contribution in [3.05, 3.63) is 0 Å². The van der Waals surface area contributed by atoms with Gasteiger partial charge in [-0.25, -0.2) is 0 Å². The fourth-order valence-electron chi connectivity index (χ4n) is 12.1. The molecule has 0 aliphatic heterocycles. The average Bonchev–Trinajstić information content (AvgIpc) is 3.56. The molecule has 0 saturated carbocycles. The summed E-state index contributed by atoms with van der Waals surface area (Å²) >= 11 is 0. The minimum Gasteiger partial charge on any atom is -1.00 e. The van der Waals surface area contributed by atoms with Gasteiger partial charge in [0, 0.05) is 0 Å². The topological polar surface area (TPSA) is 86.2 Å². The van der Waals surface area contributed by atoms with Crippen LogP contribution in [-0.2, 0) is 4.57 Å². The minimum atomic E-state index is -5.39. The largest absolute Gasteiger partial charge is 1.00 e. The van der Waals surface area contributed by atoms with E-state index in [0.717, 1.165) is 0 Å². The van der Waals surface area contributed by atoms with Gasteiger partial charge >= 0.3 is 0 Å². The number of quaternary nitrogens is 9. The van der Waals surface area contributed by atoms with E-state index in [9.17, 15) is 0 Å². The zero-order valence-electron chi connectivity index (χ0n) is 69.8. The van der Waals surface area contributed by atoms with Gasteiger partial charge in [0.05, 0.1) is 236 Å². The molecule has 0 aliphatic rings. The molecule has 0 spiro atoms. The maximum absolute atomic E-state index is 8.55. The van der Waals surface area contributed by atoms with E-state index < -0.39 is 7.82 Å². The maximum atomic E-state index is 8.55. The lowest BCUT2D eigenvalue weighted by Gasteiger charge is -2.36. The smallest absolute Gasteiger partial charge is 0.0757 e. The number of hydrogen-bond acceptors (Lipinski definition) is 4. The molecule has 0 aromatic carbocycles. The van der Waals surface area contributed by atoms with Crippen LogP contribution in [-0.4, -0.2) is 276 Å². The van der Waals surface area contributed by atoms with Crippen LogP contribution in [0.15, 0.2) is 0 Å². The molecule has 20 heteroatoms. The van der Waals surface area contributed by atoms with Crippen molar-refractivity contribution in [2.75, 3.05) is 236 Å². The highest BCUT2D eigenvalue weighted by molar-refractivity contribution is 7.40. The van der Waals surface area contributed by atoms with Gasteiger partial charge in [0.1, 0.15) is 0 Å². The van der Waals surface area contributed by atoms with Crippen LogP contribution in [0.25, 0.3) is 0 Å². The van der Waals surface area contributed by atoms with Crippen molar-refractivity contribution in [3.8, 4) is 0 Å². The Bertz CT molecular complexity index is 916. The molecule has 0 bridgehead atoms. The van der Waals surface area contributed by atoms with E-state index in [-0.39, 0.29) is 28.2 Å². The van der Waals surface area contributed by atoms with Crippen molar-refractivity contribution in [2.45, 2.75) is 249 Å². The van der Waals surface area contributed by atoms with Gasteiger partial charge in [-0.05, 0) is 249 Å². The molecular formula is C72H180F6N9O4P. The van der Waals surface area contributed by atoms with E-state index in [1.54, 1.807) is 0 Å². The Kier molecular flexibility index (Phi) is 113. The number of rotatable bonds is 36. The first-order valence-corrected chi connectivity index (χ1v) is 39.0. The Morgan fingerprint density at radius 1 is 0.141 bits per heavy atom. The van der Waals surface area contributed by atoms with Crippen LogP contribution in [0, 0.1) is 0 Å². The fourth-order valence-corrected chi connectivity index (χ4v) is 12.1. The van der Waals surface area contributed by atoms with E-state index >= 15 is 0 Å². The van der Waals surface area contributed by atoms with Crippen molar-refractivity contribution in [1.29, 1.82) is 0 Å². The van der Waals surface area contributed by atoms with E-state index in [4.69, 9.17) is 19.2 Å². The standard InChI is InChI=1S/9C8H20N.6FH.H3O4P/c9*1-5-9(6-2,7-3)8-4;;;;;;;1-5(2,3)4/h9*5-8H2,1-4H3;6*1H;(H3,1,2,3,4)/q9*+1;;;;;;;/p-9. The zero-order chi connectivity index (χ0) is 70.5. The molecule has 584 valence electrons. The summed E-state index contributed by atoms with van der Waals surface area (Å²) in [4.78, 5) is 25.6. The average molecular weight is 1380 g/mol. The van der Waals surface area contributed by atoms with Gasteiger partial charge in [0.2, 0.25) is 0 Å². The van der Waals surface area contributed by atoms with Crippen LogP contribution in [0.5, 0.6) is 0 Å². The Morgan fingerprint density at radius 2 is 0.163 bits per heavy atom. The highest BCUT2D eigenvalue weighted by atomic mass is 31.2. The summed E-state index contributed by atoms with van der Waals surface area (Å²) in [5, 5.41) is 0. The first kappa shape index (κ1) is 131. The van der Waals surface area contributed by atoms with Crippen LogP contribution in [0.3, 0.4) is 0 Å². The summed E-state index contributed by atoms with van der Waals surface area (Å²) in [5.41, 5.74) is 0. The Labute approximate surface area is 578 Å². The first-order valence-electron chi connectivity index (χ1n) is 37.6. The molecule has 0 fully saturated rings. The number of halogens is 6. The summed E-state index contributed by atoms with van der Waals surface area (Å²) in [7, 11) is -5.39. The summed E-state index contributed by atoms with van der Waals surface area (Å²) in [6.45, 7) is 128. The molecule has 0 radical (unpaired) electrons. The monoisotopic (exact) mass is 1380 g/mol. The van der Waals surface area contributed by atoms with Crippen LogP contribution in [0.4, 0.5) is 0 Å². The Hall–Kier alpha value is -0.670. The quantitative estimate of drug-likeness (QED) is 0.0366. The molecule has 13 nitrogen and oxygen atoms in total. The summed E-state index contributed by atoms with van der Waals surface area (Å²) in [5.74, 6) is 0. The SMILES string of the molecule is CC[N+](CC)(CC)CC.CC[N+](CC)(CC)CC.CC[N+](CC)(CC)CC.CC[N+](CC)(CC)CC.CC[N+](CC)(CC)CC.CC[N+](CC)(CC)CC.CC[N+](CC)(CC)CC.CC[N+](CC)(CC)CC.CC[N+](CC)(CC)CC.O=P([O-])([O-])[O-].[F-].[F-].[F-].[F-].[F-].[F-]. The van der Waals surface area contributed by atoms with Gasteiger partial charge in [0.15, 0.2) is 0 Å². The third-order valence-corrected chi connectivity index (χ3v) is 24.1. The van der Waals surface area contributed by atoms with Crippen LogP contribution < -0.4 is 42.9 Å². The Balaban J connectivity index is -0.0000000496. The second-order valence-electron chi connectivity index (χ2n) is 23.9. The van der Waals surface area contributed by atoms with Gasteiger partial charge < -0.3 is 87.8 Å². The van der Waals surface area contributed by atoms with Gasteiger partial charge in [-0.15, -0.1) is 0 Å². The van der Waals surface area contributed by atoms with E-state index in [0.29, 0.717) is 0 Å². The number of hydrogen-bond donors (Lipinski definition) is 0. The Morgan fingerprint density at radius 3 is 0.163 bits per heavy atom. The molecule has 0 aromatic rings. The predicted molar refractivity (Wildman–Crippen MR) is 389 cm³/mol. The highest BCUT2D eigenvalue weighted by Crippen LogP contribution is 2.09. The molecule has 0 heterocycles. The molecule has 0 rings (SSSR count). The van der Waals surface area contributed by atoms with E-state index in [1.807, 2.05) is 0 Å². The molecule has 0 aliphatic carbocycles. The van der Waals surface area contributed by atoms with Crippen molar-refractivity contribution in [3.63, 3.8) is 0 Å². The molecular weight excluding hydrogens is 1200 g/mol. The van der Waals surface area contributed by atoms with Crippen LogP contribution in [0.2, 0.25) is 0 Å². The number of nitrogens with zero attached hydrogens (tertiary/aromatic N) is 9. The molecule has 0 N–H and O–H groups in total. The molecule has 0 unspecified atom stereocenters. The normalized spacial score (nSPS) is 11.2. The second kappa shape index (κ2) is 79.3. The van der Waals surface area contributed by atoms with E-state index in [1.165, 1.54) is 276 Å². The summed E-state index contributed by atoms with van der Waals surface area (Å²) < 4.78 is 20.0. The van der Waals surface area contributed by atoms with E-state index in [2.05, 4.69) is 249 Å². The summed E-state index contributed by atoms with van der Waals surface area (Å²) in [6.07, 6.45) is 0. The molecule has 0 amide bonds. The highest BCUT2D eigenvalue weighted by Gasteiger charge is 2.22. The zero-order valence-corrected chi connectivity index (χ0v) is 70.7. The lowest BCUT2D eigenvalue weighted by molar-refractivity contribution is -0.921. The fraction of sp³-hybridized carbons (Fsp3) is 1.00. The van der Waals surface area contributed by atoms with Gasteiger partial charge in [-0.3, -0.25) is 0 Å². The third kappa shape index (κ3) is 60.5. The van der Waals surface area contributed by atoms with Gasteiger partial charge in [0.25, 0.3) is 0 Å². The molecule has 92 heavy (non-hydrogen) atoms. The number of phosphoric acid groups is 1. The predicted octanol–water partition coefficient (Wildman–Crippen LogP) is -3.86. The third-order valence-electron chi connectivity index (χ3n) is 24.1. The molecule has 0 atom stereocenters. The summed E-state index contributed by atoms with van der Waals surface area (Å²) in [6, 6.07) is 0. The lowest BCUT2D eigenvalue weighted by atomic mass is 10.3. The van der Waals surface area contributed by atoms with Gasteiger partial charge in [-0.1, -0.05) is 0 Å². The van der Waals surface area contributed by atoms with Crippen molar-refractivity contribution < 1.29 is 87.8 Å². The molecule has 0 aromatic heterocycles. The second-order valence-corrected chi connectivity index (χ2v) is 24.8. The lowest BCUT2D eigenvalue weighted by Crippen LogP contribution is -3.00. The van der Waals surface area contributed by atoms with Gasteiger partial charge in [-0.2, -0.15) is 7.82 Å². The first-order chi connectivity index (χ1) is 40.2. The maximum Gasteiger partial charge on any atom is 0.0757 e.